The molecule has 1 aliphatic rings. The molecule has 0 amide bonds. The molecule has 0 heterocycles. The molecular weight excluding hydrogens is 347 g/mol. The van der Waals surface area contributed by atoms with Crippen molar-refractivity contribution in [3.63, 3.8) is 0 Å². The van der Waals surface area contributed by atoms with Gasteiger partial charge in [-0.15, -0.1) is 0 Å². The van der Waals surface area contributed by atoms with Gasteiger partial charge in [0.2, 0.25) is 0 Å². The molecule has 2 heteroatoms. The smallest absolute Gasteiger partial charge is 0.192 e. The lowest BCUT2D eigenvalue weighted by molar-refractivity contribution is 0.455. The fourth-order valence-electron chi connectivity index (χ4n) is 3.14. The van der Waals surface area contributed by atoms with E-state index in [2.05, 4.69) is 32.0 Å². The predicted molar refractivity (Wildman–Crippen MR) is 90.2 cm³/mol. The average Bonchev–Trinajstić information content (AvgIpc) is 2.37. The molecular formula is C17H25IO. The second kappa shape index (κ2) is 7.51. The molecule has 0 radical (unpaired) electrons. The van der Waals surface area contributed by atoms with Crippen LogP contribution in [0.3, 0.4) is 0 Å². The first kappa shape index (κ1) is 15.1. The maximum atomic E-state index is 5.56. The van der Waals surface area contributed by atoms with Crippen molar-refractivity contribution in [2.45, 2.75) is 70.6 Å². The number of hydrogen-bond acceptors (Lipinski definition) is 1. The second-order valence-corrected chi connectivity index (χ2v) is 6.51. The first-order valence-electron chi connectivity index (χ1n) is 7.65. The highest BCUT2D eigenvalue weighted by molar-refractivity contribution is 14.1. The van der Waals surface area contributed by atoms with Crippen molar-refractivity contribution >= 4 is 23.0 Å². The molecule has 0 unspecified atom stereocenters. The third kappa shape index (κ3) is 4.11. The number of rotatable bonds is 3. The van der Waals surface area contributed by atoms with E-state index in [1.54, 1.807) is 0 Å². The van der Waals surface area contributed by atoms with Crippen molar-refractivity contribution in [2.24, 2.45) is 0 Å². The maximum Gasteiger partial charge on any atom is 0.192 e. The summed E-state index contributed by atoms with van der Waals surface area (Å²) in [6.07, 6.45) is 9.73. The number of hydrogen-bond donors (Lipinski definition) is 0. The molecule has 0 aliphatic heterocycles. The van der Waals surface area contributed by atoms with E-state index in [-0.39, 0.29) is 0 Å². The van der Waals surface area contributed by atoms with E-state index in [1.807, 2.05) is 23.0 Å². The van der Waals surface area contributed by atoms with Gasteiger partial charge in [-0.05, 0) is 41.9 Å². The second-order valence-electron chi connectivity index (χ2n) is 6.07. The molecule has 1 saturated carbocycles. The Morgan fingerprint density at radius 1 is 1.05 bits per heavy atom. The lowest BCUT2D eigenvalue weighted by Crippen LogP contribution is -2.03. The highest BCUT2D eigenvalue weighted by Crippen LogP contribution is 2.36. The van der Waals surface area contributed by atoms with Gasteiger partial charge in [0.15, 0.2) is 23.0 Å². The maximum absolute atomic E-state index is 5.56. The Morgan fingerprint density at radius 2 is 1.68 bits per heavy atom. The van der Waals surface area contributed by atoms with Gasteiger partial charge in [0.25, 0.3) is 0 Å². The first-order valence-corrected chi connectivity index (χ1v) is 8.53. The van der Waals surface area contributed by atoms with Crippen molar-refractivity contribution in [3.8, 4) is 5.75 Å². The van der Waals surface area contributed by atoms with Gasteiger partial charge in [-0.3, -0.25) is 0 Å². The van der Waals surface area contributed by atoms with E-state index in [0.29, 0.717) is 5.92 Å². The molecule has 0 atom stereocenters. The largest absolute Gasteiger partial charge is 0.427 e. The van der Waals surface area contributed by atoms with Crippen LogP contribution in [0.1, 0.15) is 81.8 Å². The fourth-order valence-corrected chi connectivity index (χ4v) is 3.52. The van der Waals surface area contributed by atoms with Crippen molar-refractivity contribution in [1.82, 2.24) is 0 Å². The molecule has 0 saturated heterocycles. The average molecular weight is 372 g/mol. The Bertz CT molecular complexity index is 392. The third-order valence-corrected chi connectivity index (χ3v) is 4.79. The molecule has 19 heavy (non-hydrogen) atoms. The zero-order chi connectivity index (χ0) is 13.7. The van der Waals surface area contributed by atoms with Crippen LogP contribution in [0.15, 0.2) is 18.2 Å². The molecule has 1 aromatic carbocycles. The molecule has 1 nitrogen and oxygen atoms in total. The Labute approximate surface area is 131 Å². The summed E-state index contributed by atoms with van der Waals surface area (Å²) in [6, 6.07) is 6.89. The molecule has 0 bridgehead atoms. The van der Waals surface area contributed by atoms with Gasteiger partial charge in [0, 0.05) is 0 Å². The Hall–Kier alpha value is -0.250. The summed E-state index contributed by atoms with van der Waals surface area (Å²) in [7, 11) is 0. The molecule has 1 aromatic rings. The minimum absolute atomic E-state index is 0.524. The lowest BCUT2D eigenvalue weighted by atomic mass is 9.85. The lowest BCUT2D eigenvalue weighted by Gasteiger charge is -2.21. The Kier molecular flexibility index (Phi) is 5.99. The minimum Gasteiger partial charge on any atom is -0.427 e. The summed E-state index contributed by atoms with van der Waals surface area (Å²) in [5.41, 5.74) is 2.81. The van der Waals surface area contributed by atoms with Gasteiger partial charge in [0.05, 0.1) is 0 Å². The van der Waals surface area contributed by atoms with Crippen molar-refractivity contribution < 1.29 is 3.07 Å². The standard InChI is InChI=1S/C17H25IO/c1-13(2)16-11-10-15(12-17(16)19-18)14-8-6-4-3-5-7-9-14/h10-14H,3-9H2,1-2H3. The minimum atomic E-state index is 0.524. The predicted octanol–water partition coefficient (Wildman–Crippen LogP) is 6.37. The summed E-state index contributed by atoms with van der Waals surface area (Å²) in [4.78, 5) is 0. The van der Waals surface area contributed by atoms with Crippen molar-refractivity contribution in [3.05, 3.63) is 29.3 Å². The monoisotopic (exact) mass is 372 g/mol. The van der Waals surface area contributed by atoms with Crippen LogP contribution >= 0.6 is 23.0 Å². The van der Waals surface area contributed by atoms with Gasteiger partial charge < -0.3 is 3.07 Å². The number of halogens is 1. The van der Waals surface area contributed by atoms with Gasteiger partial charge in [-0.1, -0.05) is 58.1 Å². The third-order valence-electron chi connectivity index (χ3n) is 4.32. The van der Waals surface area contributed by atoms with Crippen LogP contribution in [0.25, 0.3) is 0 Å². The molecule has 0 spiro atoms. The van der Waals surface area contributed by atoms with Crippen LogP contribution in [0.2, 0.25) is 0 Å². The van der Waals surface area contributed by atoms with Crippen LogP contribution in [0, 0.1) is 0 Å². The normalized spacial score (nSPS) is 18.1. The van der Waals surface area contributed by atoms with Gasteiger partial charge >= 0.3 is 0 Å². The molecule has 1 fully saturated rings. The molecule has 106 valence electrons. The quantitative estimate of drug-likeness (QED) is 0.561. The van der Waals surface area contributed by atoms with E-state index in [4.69, 9.17) is 3.07 Å². The molecule has 0 aromatic heterocycles. The summed E-state index contributed by atoms with van der Waals surface area (Å²) in [5.74, 6) is 2.33. The van der Waals surface area contributed by atoms with Gasteiger partial charge in [-0.25, -0.2) is 0 Å². The zero-order valence-corrected chi connectivity index (χ0v) is 14.3. The Balaban J connectivity index is 2.18. The first-order chi connectivity index (χ1) is 9.22. The topological polar surface area (TPSA) is 9.23 Å². The van der Waals surface area contributed by atoms with E-state index >= 15 is 0 Å². The van der Waals surface area contributed by atoms with Crippen LogP contribution in [0.5, 0.6) is 5.75 Å². The van der Waals surface area contributed by atoms with Crippen LogP contribution < -0.4 is 3.07 Å². The highest BCUT2D eigenvalue weighted by atomic mass is 127. The van der Waals surface area contributed by atoms with Crippen LogP contribution in [-0.4, -0.2) is 0 Å². The van der Waals surface area contributed by atoms with Crippen molar-refractivity contribution in [2.75, 3.05) is 0 Å². The Morgan fingerprint density at radius 3 is 2.26 bits per heavy atom. The zero-order valence-electron chi connectivity index (χ0n) is 12.1. The fraction of sp³-hybridized carbons (Fsp3) is 0.647. The number of benzene rings is 1. The summed E-state index contributed by atoms with van der Waals surface area (Å²) < 4.78 is 5.56. The van der Waals surface area contributed by atoms with Crippen LogP contribution in [-0.2, 0) is 0 Å². The molecule has 1 aliphatic carbocycles. The van der Waals surface area contributed by atoms with Crippen LogP contribution in [0.4, 0.5) is 0 Å². The highest BCUT2D eigenvalue weighted by Gasteiger charge is 2.16. The molecule has 2 rings (SSSR count). The van der Waals surface area contributed by atoms with Gasteiger partial charge in [-0.2, -0.15) is 0 Å². The van der Waals surface area contributed by atoms with Gasteiger partial charge in [0.1, 0.15) is 5.75 Å². The van der Waals surface area contributed by atoms with E-state index in [9.17, 15) is 0 Å². The van der Waals surface area contributed by atoms with E-state index in [0.717, 1.165) is 11.7 Å². The summed E-state index contributed by atoms with van der Waals surface area (Å²) in [6.45, 7) is 4.45. The molecule has 0 N–H and O–H groups in total. The summed E-state index contributed by atoms with van der Waals surface area (Å²) in [5, 5.41) is 0. The van der Waals surface area contributed by atoms with E-state index < -0.39 is 0 Å². The summed E-state index contributed by atoms with van der Waals surface area (Å²) >= 11 is 2.01. The van der Waals surface area contributed by atoms with E-state index in [1.165, 1.54) is 56.1 Å². The van der Waals surface area contributed by atoms with Crippen molar-refractivity contribution in [1.29, 1.82) is 0 Å². The SMILES string of the molecule is CC(C)c1ccc(C2CCCCCCC2)cc1OI.